The molecule has 1 aliphatic heterocycles. The number of likely N-dealkylation sites (tertiary alicyclic amines) is 1. The first-order chi connectivity index (χ1) is 4.75. The molecule has 0 saturated carbocycles. The van der Waals surface area contributed by atoms with Crippen LogP contribution in [-0.2, 0) is 0 Å². The van der Waals surface area contributed by atoms with Crippen LogP contribution >= 0.6 is 0 Å². The molecule has 1 heterocycles. The molecule has 10 heavy (non-hydrogen) atoms. The highest BCUT2D eigenvalue weighted by atomic mass is 16.3. The van der Waals surface area contributed by atoms with Gasteiger partial charge in [0.2, 0.25) is 0 Å². The molecule has 0 aromatic heterocycles. The fraction of sp³-hybridized carbons (Fsp3) is 0.857. The van der Waals surface area contributed by atoms with Gasteiger partial charge in [-0.15, -0.1) is 0 Å². The van der Waals surface area contributed by atoms with Gasteiger partial charge in [0.05, 0.1) is 6.61 Å². The molecule has 0 amide bonds. The second-order valence-electron chi connectivity index (χ2n) is 2.70. The van der Waals surface area contributed by atoms with Crippen LogP contribution in [0.15, 0.2) is 0 Å². The van der Waals surface area contributed by atoms with Crippen molar-refractivity contribution in [2.75, 3.05) is 13.2 Å². The van der Waals surface area contributed by atoms with Gasteiger partial charge in [-0.25, -0.2) is 0 Å². The number of aliphatic hydroxyl groups excluding tert-OH is 2. The van der Waals surface area contributed by atoms with Crippen molar-refractivity contribution in [3.63, 3.8) is 0 Å². The van der Waals surface area contributed by atoms with E-state index in [9.17, 15) is 0 Å². The van der Waals surface area contributed by atoms with Gasteiger partial charge >= 0.3 is 0 Å². The van der Waals surface area contributed by atoms with Crippen LogP contribution in [0.2, 0.25) is 0 Å². The van der Waals surface area contributed by atoms with Crippen LogP contribution in [0, 0.1) is 6.92 Å². The molecule has 0 aliphatic carbocycles. The van der Waals surface area contributed by atoms with E-state index in [-0.39, 0.29) is 12.6 Å². The number of aliphatic hydroxyl groups is 2. The maximum atomic E-state index is 9.06. The highest BCUT2D eigenvalue weighted by Gasteiger charge is 2.26. The van der Waals surface area contributed by atoms with E-state index in [4.69, 9.17) is 10.2 Å². The van der Waals surface area contributed by atoms with Gasteiger partial charge < -0.3 is 10.2 Å². The normalized spacial score (nSPS) is 30.9. The summed E-state index contributed by atoms with van der Waals surface area (Å²) in [5.41, 5.74) is 0. The summed E-state index contributed by atoms with van der Waals surface area (Å²) in [7, 11) is 0. The minimum absolute atomic E-state index is 0.132. The molecular weight excluding hydrogens is 130 g/mol. The first-order valence-electron chi connectivity index (χ1n) is 3.63. The van der Waals surface area contributed by atoms with Crippen LogP contribution in [-0.4, -0.2) is 40.5 Å². The van der Waals surface area contributed by atoms with Gasteiger partial charge in [0.15, 0.2) is 0 Å². The summed E-state index contributed by atoms with van der Waals surface area (Å²) in [6, 6.07) is 0.132. The largest absolute Gasteiger partial charge is 0.395 e. The van der Waals surface area contributed by atoms with Gasteiger partial charge in [0.1, 0.15) is 6.23 Å². The molecule has 3 nitrogen and oxygen atoms in total. The van der Waals surface area contributed by atoms with E-state index in [0.717, 1.165) is 19.4 Å². The second-order valence-corrected chi connectivity index (χ2v) is 2.70. The predicted molar refractivity (Wildman–Crippen MR) is 38.2 cm³/mol. The Morgan fingerprint density at radius 3 is 2.80 bits per heavy atom. The quantitative estimate of drug-likeness (QED) is 0.554. The fourth-order valence-electron chi connectivity index (χ4n) is 1.45. The van der Waals surface area contributed by atoms with Gasteiger partial charge in [-0.05, 0) is 19.8 Å². The standard InChI is InChI=1S/C7H14NO2/c1-6(10)8-4-2-3-7(8)5-9/h6-7,9-10H,1-5H2. The van der Waals surface area contributed by atoms with Crippen molar-refractivity contribution in [1.29, 1.82) is 0 Å². The van der Waals surface area contributed by atoms with E-state index in [1.54, 1.807) is 0 Å². The van der Waals surface area contributed by atoms with Crippen LogP contribution in [0.1, 0.15) is 12.8 Å². The van der Waals surface area contributed by atoms with Crippen LogP contribution in [0.4, 0.5) is 0 Å². The summed E-state index contributed by atoms with van der Waals surface area (Å²) < 4.78 is 0. The molecule has 1 rings (SSSR count). The van der Waals surface area contributed by atoms with Gasteiger partial charge in [0.25, 0.3) is 0 Å². The van der Waals surface area contributed by atoms with E-state index in [1.165, 1.54) is 0 Å². The Hall–Kier alpha value is -0.120. The lowest BCUT2D eigenvalue weighted by atomic mass is 10.2. The monoisotopic (exact) mass is 144 g/mol. The van der Waals surface area contributed by atoms with Gasteiger partial charge in [0, 0.05) is 12.6 Å². The van der Waals surface area contributed by atoms with E-state index in [2.05, 4.69) is 6.92 Å². The number of nitrogens with zero attached hydrogens (tertiary/aromatic N) is 1. The highest BCUT2D eigenvalue weighted by molar-refractivity contribution is 4.80. The van der Waals surface area contributed by atoms with Crippen LogP contribution in [0.3, 0.4) is 0 Å². The molecule has 3 heteroatoms. The molecule has 2 unspecified atom stereocenters. The van der Waals surface area contributed by atoms with Crippen molar-refractivity contribution in [2.45, 2.75) is 25.1 Å². The third-order valence-corrected chi connectivity index (χ3v) is 2.02. The summed E-state index contributed by atoms with van der Waals surface area (Å²) in [5, 5.41) is 17.9. The van der Waals surface area contributed by atoms with E-state index in [0.29, 0.717) is 0 Å². The van der Waals surface area contributed by atoms with Gasteiger partial charge in [-0.1, -0.05) is 0 Å². The molecule has 2 atom stereocenters. The first-order valence-corrected chi connectivity index (χ1v) is 3.63. The molecule has 2 N–H and O–H groups in total. The van der Waals surface area contributed by atoms with Gasteiger partial charge in [-0.3, -0.25) is 4.90 Å². The van der Waals surface area contributed by atoms with Crippen LogP contribution in [0.25, 0.3) is 0 Å². The van der Waals surface area contributed by atoms with E-state index < -0.39 is 6.23 Å². The van der Waals surface area contributed by atoms with E-state index in [1.807, 2.05) is 4.90 Å². The molecule has 59 valence electrons. The fourth-order valence-corrected chi connectivity index (χ4v) is 1.45. The zero-order chi connectivity index (χ0) is 7.56. The first kappa shape index (κ1) is 7.98. The minimum atomic E-state index is -0.653. The predicted octanol–water partition coefficient (Wildman–Crippen LogP) is -0.404. The highest BCUT2D eigenvalue weighted by Crippen LogP contribution is 2.17. The Morgan fingerprint density at radius 2 is 2.40 bits per heavy atom. The lowest BCUT2D eigenvalue weighted by molar-refractivity contribution is 0.0128. The van der Waals surface area contributed by atoms with Crippen molar-refractivity contribution >= 4 is 0 Å². The topological polar surface area (TPSA) is 43.7 Å². The summed E-state index contributed by atoms with van der Waals surface area (Å²) in [6.45, 7) is 4.48. The minimum Gasteiger partial charge on any atom is -0.395 e. The van der Waals surface area contributed by atoms with Crippen molar-refractivity contribution in [3.05, 3.63) is 6.92 Å². The lowest BCUT2D eigenvalue weighted by Crippen LogP contribution is -2.39. The van der Waals surface area contributed by atoms with Crippen molar-refractivity contribution in [3.8, 4) is 0 Å². The Labute approximate surface area is 61.3 Å². The molecule has 0 bridgehead atoms. The Balaban J connectivity index is 2.42. The number of rotatable bonds is 2. The molecule has 0 aromatic carbocycles. The van der Waals surface area contributed by atoms with Gasteiger partial charge in [-0.2, -0.15) is 0 Å². The van der Waals surface area contributed by atoms with Crippen molar-refractivity contribution < 1.29 is 10.2 Å². The third-order valence-electron chi connectivity index (χ3n) is 2.02. The summed E-state index contributed by atoms with van der Waals surface area (Å²) >= 11 is 0. The maximum Gasteiger partial charge on any atom is 0.107 e. The summed E-state index contributed by atoms with van der Waals surface area (Å²) in [6.07, 6.45) is 1.38. The number of hydrogen-bond acceptors (Lipinski definition) is 3. The lowest BCUT2D eigenvalue weighted by Gasteiger charge is -2.24. The molecular formula is C7H14NO2. The zero-order valence-electron chi connectivity index (χ0n) is 6.03. The Morgan fingerprint density at radius 1 is 1.70 bits per heavy atom. The maximum absolute atomic E-state index is 9.06. The Kier molecular flexibility index (Phi) is 2.65. The molecule has 0 aromatic rings. The summed E-state index contributed by atoms with van der Waals surface area (Å²) in [4.78, 5) is 1.82. The SMILES string of the molecule is [CH2]C(O)N1CCCC1CO. The zero-order valence-corrected chi connectivity index (χ0v) is 6.03. The average Bonchev–Trinajstić information content (AvgIpc) is 2.33. The Bertz CT molecular complexity index is 106. The smallest absolute Gasteiger partial charge is 0.107 e. The second kappa shape index (κ2) is 3.32. The molecule has 1 fully saturated rings. The molecule has 1 radical (unpaired) electrons. The molecule has 1 saturated heterocycles. The van der Waals surface area contributed by atoms with Crippen molar-refractivity contribution in [1.82, 2.24) is 4.90 Å². The molecule has 1 aliphatic rings. The number of hydrogen-bond donors (Lipinski definition) is 2. The molecule has 0 spiro atoms. The average molecular weight is 144 g/mol. The van der Waals surface area contributed by atoms with Crippen LogP contribution in [0.5, 0.6) is 0 Å². The van der Waals surface area contributed by atoms with Crippen molar-refractivity contribution in [2.24, 2.45) is 0 Å². The van der Waals surface area contributed by atoms with E-state index >= 15 is 0 Å². The summed E-state index contributed by atoms with van der Waals surface area (Å²) in [5.74, 6) is 0. The van der Waals surface area contributed by atoms with Crippen LogP contribution < -0.4 is 0 Å². The third kappa shape index (κ3) is 1.48.